The van der Waals surface area contributed by atoms with Crippen LogP contribution in [-0.4, -0.2) is 54.8 Å². The van der Waals surface area contributed by atoms with Gasteiger partial charge in [0.1, 0.15) is 5.01 Å². The van der Waals surface area contributed by atoms with Crippen molar-refractivity contribution in [3.05, 3.63) is 34.8 Å². The van der Waals surface area contributed by atoms with Gasteiger partial charge in [0.05, 0.1) is 16.3 Å². The van der Waals surface area contributed by atoms with Gasteiger partial charge in [-0.1, -0.05) is 0 Å². The molecule has 138 valence electrons. The minimum atomic E-state index is -0.0498. The van der Waals surface area contributed by atoms with E-state index in [0.29, 0.717) is 0 Å². The van der Waals surface area contributed by atoms with Crippen LogP contribution in [0, 0.1) is 6.92 Å². The fraction of sp³-hybridized carbons (Fsp3) is 0.389. The molecule has 1 aromatic carbocycles. The van der Waals surface area contributed by atoms with Crippen molar-refractivity contribution < 1.29 is 0 Å². The molecule has 26 heavy (non-hydrogen) atoms. The Morgan fingerprint density at radius 1 is 1.08 bits per heavy atom. The Kier molecular flexibility index (Phi) is 5.53. The number of hydrogen-bond donors (Lipinski definition) is 2. The van der Waals surface area contributed by atoms with Crippen LogP contribution in [-0.2, 0) is 0 Å². The van der Waals surface area contributed by atoms with E-state index in [9.17, 15) is 0 Å². The molecule has 0 aliphatic carbocycles. The van der Waals surface area contributed by atoms with E-state index >= 15 is 0 Å². The fourth-order valence-corrected chi connectivity index (χ4v) is 3.92. The van der Waals surface area contributed by atoms with Crippen LogP contribution >= 0.6 is 11.3 Å². The number of aromatic nitrogens is 1. The summed E-state index contributed by atoms with van der Waals surface area (Å²) < 4.78 is 0. The molecule has 1 fully saturated rings. The highest BCUT2D eigenvalue weighted by molar-refractivity contribution is 7.17. The van der Waals surface area contributed by atoms with Gasteiger partial charge in [0.2, 0.25) is 5.96 Å². The van der Waals surface area contributed by atoms with Gasteiger partial charge in [-0.15, -0.1) is 16.4 Å². The Balaban J connectivity index is 1.79. The topological polar surface area (TPSA) is 96.1 Å². The summed E-state index contributed by atoms with van der Waals surface area (Å²) in [5.74, 6) is -0.0498. The van der Waals surface area contributed by atoms with Crippen LogP contribution in [0.3, 0.4) is 0 Å². The summed E-state index contributed by atoms with van der Waals surface area (Å²) in [6.07, 6.45) is 0. The zero-order valence-electron chi connectivity index (χ0n) is 15.4. The average Bonchev–Trinajstić information content (AvgIpc) is 3.02. The highest BCUT2D eigenvalue weighted by Crippen LogP contribution is 2.30. The maximum Gasteiger partial charge on any atom is 0.211 e. The molecule has 8 heteroatoms. The molecule has 7 nitrogen and oxygen atoms in total. The Bertz CT molecular complexity index is 811. The number of benzene rings is 1. The van der Waals surface area contributed by atoms with Crippen LogP contribution < -0.4 is 16.4 Å². The molecule has 1 aromatic heterocycles. The number of rotatable bonds is 4. The van der Waals surface area contributed by atoms with Crippen LogP contribution in [0.25, 0.3) is 10.6 Å². The number of nitrogens with two attached hydrogens (primary N) is 2. The largest absolute Gasteiger partial charge is 0.369 e. The molecular formula is C18H25N7S. The SMILES string of the molecule is C/C(=N\N=C(N)N)c1sc(-c2ccc(N3CCN(C)CC3)cc2)nc1C. The third-order valence-corrected chi connectivity index (χ3v) is 5.74. The standard InChI is InChI=1S/C18H25N7S/c1-12-16(13(2)22-23-18(19)20)26-17(21-12)14-4-6-15(7-5-14)25-10-8-24(3)9-11-25/h4-7H,8-11H2,1-3H3,(H4,19,20,23)/b22-13+. The van der Waals surface area contributed by atoms with E-state index in [-0.39, 0.29) is 5.96 Å². The van der Waals surface area contributed by atoms with Crippen LogP contribution in [0.15, 0.2) is 34.5 Å². The number of nitrogens with zero attached hydrogens (tertiary/aromatic N) is 5. The number of anilines is 1. The van der Waals surface area contributed by atoms with E-state index in [2.05, 4.69) is 56.3 Å². The Morgan fingerprint density at radius 3 is 2.35 bits per heavy atom. The third kappa shape index (κ3) is 4.20. The average molecular weight is 372 g/mol. The molecule has 2 heterocycles. The molecule has 0 spiro atoms. The van der Waals surface area contributed by atoms with E-state index < -0.39 is 0 Å². The number of hydrogen-bond acceptors (Lipinski definition) is 6. The molecule has 0 amide bonds. The lowest BCUT2D eigenvalue weighted by molar-refractivity contribution is 0.313. The zero-order valence-corrected chi connectivity index (χ0v) is 16.3. The zero-order chi connectivity index (χ0) is 18.7. The van der Waals surface area contributed by atoms with Crippen LogP contribution in [0.2, 0.25) is 0 Å². The second-order valence-electron chi connectivity index (χ2n) is 6.48. The summed E-state index contributed by atoms with van der Waals surface area (Å²) in [4.78, 5) is 10.5. The number of thiazole rings is 1. The Hall–Kier alpha value is -2.45. The van der Waals surface area contributed by atoms with Crippen molar-refractivity contribution in [3.8, 4) is 10.6 Å². The van der Waals surface area contributed by atoms with Crippen molar-refractivity contribution in [3.63, 3.8) is 0 Å². The van der Waals surface area contributed by atoms with Crippen molar-refractivity contribution >= 4 is 28.7 Å². The summed E-state index contributed by atoms with van der Waals surface area (Å²) in [5.41, 5.74) is 14.7. The van der Waals surface area contributed by atoms with E-state index in [1.54, 1.807) is 11.3 Å². The summed E-state index contributed by atoms with van der Waals surface area (Å²) in [6, 6.07) is 8.63. The van der Waals surface area contributed by atoms with Gasteiger partial charge in [-0.25, -0.2) is 4.98 Å². The first-order valence-corrected chi connectivity index (χ1v) is 9.40. The van der Waals surface area contributed by atoms with Crippen molar-refractivity contribution in [2.45, 2.75) is 13.8 Å². The minimum absolute atomic E-state index is 0.0498. The lowest BCUT2D eigenvalue weighted by Crippen LogP contribution is -2.44. The molecular weight excluding hydrogens is 346 g/mol. The van der Waals surface area contributed by atoms with E-state index in [1.165, 1.54) is 5.69 Å². The van der Waals surface area contributed by atoms with Gasteiger partial charge in [0.15, 0.2) is 0 Å². The highest BCUT2D eigenvalue weighted by Gasteiger charge is 2.15. The molecule has 1 saturated heterocycles. The van der Waals surface area contributed by atoms with Crippen LogP contribution in [0.1, 0.15) is 17.5 Å². The molecule has 1 aliphatic rings. The molecule has 4 N–H and O–H groups in total. The van der Waals surface area contributed by atoms with Gasteiger partial charge < -0.3 is 21.3 Å². The molecule has 1 aliphatic heterocycles. The quantitative estimate of drug-likeness (QED) is 0.486. The first-order valence-electron chi connectivity index (χ1n) is 8.59. The van der Waals surface area contributed by atoms with E-state index in [0.717, 1.165) is 53.0 Å². The molecule has 0 radical (unpaired) electrons. The molecule has 3 rings (SSSR count). The van der Waals surface area contributed by atoms with E-state index in [1.807, 2.05) is 13.8 Å². The van der Waals surface area contributed by atoms with Crippen molar-refractivity contribution in [2.24, 2.45) is 21.7 Å². The maximum absolute atomic E-state index is 5.34. The predicted octanol–water partition coefficient (Wildman–Crippen LogP) is 1.87. The van der Waals surface area contributed by atoms with Crippen LogP contribution in [0.4, 0.5) is 5.69 Å². The van der Waals surface area contributed by atoms with E-state index in [4.69, 9.17) is 11.5 Å². The van der Waals surface area contributed by atoms with Crippen molar-refractivity contribution in [1.29, 1.82) is 0 Å². The molecule has 0 saturated carbocycles. The smallest absolute Gasteiger partial charge is 0.211 e. The number of likely N-dealkylation sites (N-methyl/N-ethyl adjacent to an activating group) is 1. The van der Waals surface area contributed by atoms with Crippen molar-refractivity contribution in [2.75, 3.05) is 38.1 Å². The van der Waals surface area contributed by atoms with Gasteiger partial charge in [0, 0.05) is 37.4 Å². The fourth-order valence-electron chi connectivity index (χ4n) is 2.91. The Morgan fingerprint density at radius 2 is 1.73 bits per heavy atom. The highest BCUT2D eigenvalue weighted by atomic mass is 32.1. The number of aryl methyl sites for hydroxylation is 1. The lowest BCUT2D eigenvalue weighted by atomic mass is 10.2. The van der Waals surface area contributed by atoms with Gasteiger partial charge >= 0.3 is 0 Å². The summed E-state index contributed by atoms with van der Waals surface area (Å²) in [7, 11) is 2.17. The summed E-state index contributed by atoms with van der Waals surface area (Å²) >= 11 is 1.60. The first-order chi connectivity index (χ1) is 12.4. The molecule has 0 unspecified atom stereocenters. The Labute approximate surface area is 158 Å². The van der Waals surface area contributed by atoms with Gasteiger partial charge in [-0.3, -0.25) is 0 Å². The normalized spacial score (nSPS) is 16.0. The van der Waals surface area contributed by atoms with Gasteiger partial charge in [-0.2, -0.15) is 5.10 Å². The maximum atomic E-state index is 5.34. The number of guanidine groups is 1. The van der Waals surface area contributed by atoms with Crippen LogP contribution in [0.5, 0.6) is 0 Å². The third-order valence-electron chi connectivity index (χ3n) is 4.42. The lowest BCUT2D eigenvalue weighted by Gasteiger charge is -2.34. The second kappa shape index (κ2) is 7.84. The van der Waals surface area contributed by atoms with Gasteiger partial charge in [-0.05, 0) is 45.2 Å². The summed E-state index contributed by atoms with van der Waals surface area (Å²) in [6.45, 7) is 8.19. The van der Waals surface area contributed by atoms with Crippen molar-refractivity contribution in [1.82, 2.24) is 9.88 Å². The monoisotopic (exact) mass is 371 g/mol. The second-order valence-corrected chi connectivity index (χ2v) is 7.48. The minimum Gasteiger partial charge on any atom is -0.369 e. The predicted molar refractivity (Wildman–Crippen MR) is 110 cm³/mol. The number of piperazine rings is 1. The molecule has 0 bridgehead atoms. The summed E-state index contributed by atoms with van der Waals surface area (Å²) in [5, 5.41) is 8.75. The first kappa shape index (κ1) is 18.3. The molecule has 2 aromatic rings. The van der Waals surface area contributed by atoms with Gasteiger partial charge in [0.25, 0.3) is 0 Å². The molecule has 0 atom stereocenters.